The van der Waals surface area contributed by atoms with Gasteiger partial charge >= 0.3 is 0 Å². The summed E-state index contributed by atoms with van der Waals surface area (Å²) in [5.74, 6) is 0.398. The molecule has 0 radical (unpaired) electrons. The molecule has 0 spiro atoms. The van der Waals surface area contributed by atoms with E-state index in [-0.39, 0.29) is 6.10 Å². The third kappa shape index (κ3) is 3.40. The molecule has 1 rings (SSSR count). The molecule has 0 amide bonds. The molecule has 2 unspecified atom stereocenters. The summed E-state index contributed by atoms with van der Waals surface area (Å²) in [6.45, 7) is 4.85. The Bertz CT molecular complexity index is 270. The lowest BCUT2D eigenvalue weighted by Crippen LogP contribution is -2.08. The number of thiophene rings is 1. The maximum absolute atomic E-state index is 9.88. The van der Waals surface area contributed by atoms with E-state index in [1.807, 2.05) is 5.38 Å². The number of aliphatic hydroxyl groups excluding tert-OH is 1. The molecule has 0 aromatic carbocycles. The van der Waals surface area contributed by atoms with E-state index in [4.69, 9.17) is 4.74 Å². The van der Waals surface area contributed by atoms with E-state index in [0.717, 1.165) is 12.0 Å². The number of aliphatic hydroxyl groups is 1. The number of hydrogen-bond acceptors (Lipinski definition) is 3. The number of hydrogen-bond donors (Lipinski definition) is 1. The van der Waals surface area contributed by atoms with Gasteiger partial charge in [-0.2, -0.15) is 0 Å². The van der Waals surface area contributed by atoms with Crippen LogP contribution in [0.2, 0.25) is 0 Å². The van der Waals surface area contributed by atoms with Crippen LogP contribution in [0.25, 0.3) is 0 Å². The fourth-order valence-corrected chi connectivity index (χ4v) is 2.26. The van der Waals surface area contributed by atoms with Crippen molar-refractivity contribution in [1.82, 2.24) is 0 Å². The fraction of sp³-hybridized carbons (Fsp3) is 0.636. The zero-order valence-electron chi connectivity index (χ0n) is 8.99. The third-order valence-corrected chi connectivity index (χ3v) is 3.09. The van der Waals surface area contributed by atoms with Crippen molar-refractivity contribution in [2.45, 2.75) is 26.4 Å². The van der Waals surface area contributed by atoms with Crippen molar-refractivity contribution < 1.29 is 9.84 Å². The Morgan fingerprint density at radius 2 is 2.29 bits per heavy atom. The Balaban J connectivity index is 2.45. The Hall–Kier alpha value is -0.380. The van der Waals surface area contributed by atoms with Crippen molar-refractivity contribution >= 4 is 11.3 Å². The van der Waals surface area contributed by atoms with Gasteiger partial charge in [-0.25, -0.2) is 0 Å². The lowest BCUT2D eigenvalue weighted by molar-refractivity contribution is 0.102. The van der Waals surface area contributed by atoms with Gasteiger partial charge in [0.1, 0.15) is 0 Å². The first-order chi connectivity index (χ1) is 6.63. The molecular formula is C11H18O2S. The molecule has 1 N–H and O–H groups in total. The lowest BCUT2D eigenvalue weighted by Gasteiger charge is -2.14. The Morgan fingerprint density at radius 1 is 1.57 bits per heavy atom. The number of aryl methyl sites for hydroxylation is 1. The van der Waals surface area contributed by atoms with Crippen molar-refractivity contribution in [1.29, 1.82) is 0 Å². The largest absolute Gasteiger partial charge is 0.388 e. The van der Waals surface area contributed by atoms with Crippen LogP contribution in [-0.2, 0) is 4.74 Å². The molecule has 3 heteroatoms. The van der Waals surface area contributed by atoms with Gasteiger partial charge in [-0.3, -0.25) is 0 Å². The molecular weight excluding hydrogens is 196 g/mol. The Kier molecular flexibility index (Phi) is 4.58. The second-order valence-corrected chi connectivity index (χ2v) is 4.92. The molecule has 14 heavy (non-hydrogen) atoms. The molecule has 2 nitrogen and oxygen atoms in total. The number of ether oxygens (including phenoxy) is 1. The van der Waals surface area contributed by atoms with E-state index in [2.05, 4.69) is 19.9 Å². The molecule has 0 fully saturated rings. The van der Waals surface area contributed by atoms with Crippen LogP contribution in [0, 0.1) is 12.8 Å². The summed E-state index contributed by atoms with van der Waals surface area (Å²) in [6.07, 6.45) is 0.425. The monoisotopic (exact) mass is 214 g/mol. The van der Waals surface area contributed by atoms with E-state index in [0.29, 0.717) is 12.5 Å². The first kappa shape index (κ1) is 11.7. The van der Waals surface area contributed by atoms with Gasteiger partial charge in [-0.05, 0) is 36.3 Å². The zero-order valence-corrected chi connectivity index (χ0v) is 9.80. The minimum absolute atomic E-state index is 0.343. The van der Waals surface area contributed by atoms with Crippen molar-refractivity contribution in [3.8, 4) is 0 Å². The molecule has 1 heterocycles. The van der Waals surface area contributed by atoms with Gasteiger partial charge in [-0.15, -0.1) is 11.3 Å². The first-order valence-electron chi connectivity index (χ1n) is 4.85. The predicted octanol–water partition coefficient (Wildman–Crippen LogP) is 2.76. The molecule has 0 saturated heterocycles. The average Bonchev–Trinajstić information content (AvgIpc) is 2.52. The van der Waals surface area contributed by atoms with E-state index in [1.54, 1.807) is 18.4 Å². The summed E-state index contributed by atoms with van der Waals surface area (Å²) >= 11 is 1.68. The maximum atomic E-state index is 9.88. The summed E-state index contributed by atoms with van der Waals surface area (Å²) in [4.78, 5) is 1.25. The van der Waals surface area contributed by atoms with Crippen LogP contribution in [0.5, 0.6) is 0 Å². The van der Waals surface area contributed by atoms with Gasteiger partial charge in [0.25, 0.3) is 0 Å². The molecule has 0 saturated carbocycles. The van der Waals surface area contributed by atoms with Gasteiger partial charge in [0.2, 0.25) is 0 Å². The SMILES string of the molecule is COCC(C)CC(O)c1csc(C)c1. The molecule has 2 atom stereocenters. The van der Waals surface area contributed by atoms with Crippen LogP contribution in [0.1, 0.15) is 29.9 Å². The van der Waals surface area contributed by atoms with Crippen LogP contribution >= 0.6 is 11.3 Å². The van der Waals surface area contributed by atoms with E-state index >= 15 is 0 Å². The van der Waals surface area contributed by atoms with Crippen molar-refractivity contribution in [2.75, 3.05) is 13.7 Å². The summed E-state index contributed by atoms with van der Waals surface area (Å²) in [5.41, 5.74) is 1.04. The average molecular weight is 214 g/mol. The fourth-order valence-electron chi connectivity index (χ4n) is 1.51. The Labute approximate surface area is 89.5 Å². The topological polar surface area (TPSA) is 29.5 Å². The van der Waals surface area contributed by atoms with Crippen LogP contribution in [0.15, 0.2) is 11.4 Å². The third-order valence-electron chi connectivity index (χ3n) is 2.21. The number of rotatable bonds is 5. The second-order valence-electron chi connectivity index (χ2n) is 3.80. The highest BCUT2D eigenvalue weighted by atomic mass is 32.1. The lowest BCUT2D eigenvalue weighted by atomic mass is 10.0. The van der Waals surface area contributed by atoms with Gasteiger partial charge in [0, 0.05) is 18.6 Å². The van der Waals surface area contributed by atoms with Crippen LogP contribution in [-0.4, -0.2) is 18.8 Å². The van der Waals surface area contributed by atoms with E-state index < -0.39 is 0 Å². The van der Waals surface area contributed by atoms with Crippen molar-refractivity contribution in [2.24, 2.45) is 5.92 Å². The smallest absolute Gasteiger partial charge is 0.0801 e. The molecule has 0 aliphatic heterocycles. The first-order valence-corrected chi connectivity index (χ1v) is 5.73. The summed E-state index contributed by atoms with van der Waals surface area (Å²) in [5, 5.41) is 11.9. The highest BCUT2D eigenvalue weighted by Gasteiger charge is 2.13. The van der Waals surface area contributed by atoms with Crippen LogP contribution in [0.3, 0.4) is 0 Å². The standard InChI is InChI=1S/C11H18O2S/c1-8(6-13-3)4-11(12)10-5-9(2)14-7-10/h5,7-8,11-12H,4,6H2,1-3H3. The van der Waals surface area contributed by atoms with Crippen LogP contribution < -0.4 is 0 Å². The Morgan fingerprint density at radius 3 is 2.79 bits per heavy atom. The second kappa shape index (κ2) is 5.49. The van der Waals surface area contributed by atoms with Crippen molar-refractivity contribution in [3.05, 3.63) is 21.9 Å². The molecule has 0 aliphatic carbocycles. The normalized spacial score (nSPS) is 15.4. The number of methoxy groups -OCH3 is 1. The van der Waals surface area contributed by atoms with Gasteiger partial charge in [-0.1, -0.05) is 6.92 Å². The minimum Gasteiger partial charge on any atom is -0.388 e. The summed E-state index contributed by atoms with van der Waals surface area (Å²) in [6, 6.07) is 2.05. The summed E-state index contributed by atoms with van der Waals surface area (Å²) in [7, 11) is 1.69. The highest BCUT2D eigenvalue weighted by Crippen LogP contribution is 2.25. The van der Waals surface area contributed by atoms with Crippen LogP contribution in [0.4, 0.5) is 0 Å². The van der Waals surface area contributed by atoms with E-state index in [1.165, 1.54) is 4.88 Å². The predicted molar refractivity (Wildman–Crippen MR) is 59.7 cm³/mol. The minimum atomic E-state index is -0.343. The van der Waals surface area contributed by atoms with Gasteiger partial charge < -0.3 is 9.84 Å². The molecule has 1 aromatic heterocycles. The molecule has 0 aliphatic rings. The summed E-state index contributed by atoms with van der Waals surface area (Å²) < 4.78 is 5.04. The van der Waals surface area contributed by atoms with Gasteiger partial charge in [0.15, 0.2) is 0 Å². The highest BCUT2D eigenvalue weighted by molar-refractivity contribution is 7.10. The quantitative estimate of drug-likeness (QED) is 0.816. The molecule has 1 aromatic rings. The van der Waals surface area contributed by atoms with Gasteiger partial charge in [0.05, 0.1) is 6.10 Å². The molecule has 0 bridgehead atoms. The van der Waals surface area contributed by atoms with E-state index in [9.17, 15) is 5.11 Å². The maximum Gasteiger partial charge on any atom is 0.0801 e. The van der Waals surface area contributed by atoms with Crippen molar-refractivity contribution in [3.63, 3.8) is 0 Å². The zero-order chi connectivity index (χ0) is 10.6. The molecule has 80 valence electrons.